The summed E-state index contributed by atoms with van der Waals surface area (Å²) in [5.41, 5.74) is 0. The Kier molecular flexibility index (Phi) is 2.68. The zero-order chi connectivity index (χ0) is 7.56. The molecule has 1 unspecified atom stereocenters. The number of thiocarbonyl (C=S) groups is 1. The first-order valence-corrected chi connectivity index (χ1v) is 4.62. The van der Waals surface area contributed by atoms with Crippen LogP contribution in [0.1, 0.15) is 6.92 Å². The highest BCUT2D eigenvalue weighted by molar-refractivity contribution is 8.01. The van der Waals surface area contributed by atoms with E-state index in [2.05, 4.69) is 0 Å². The van der Waals surface area contributed by atoms with Gasteiger partial charge in [0.2, 0.25) is 5.91 Å². The van der Waals surface area contributed by atoms with Crippen LogP contribution in [0.5, 0.6) is 0 Å². The summed E-state index contributed by atoms with van der Waals surface area (Å²) in [7, 11) is 0. The highest BCUT2D eigenvalue weighted by atomic mass is 32.2. The van der Waals surface area contributed by atoms with Gasteiger partial charge in [-0.1, -0.05) is 12.2 Å². The first kappa shape index (κ1) is 8.01. The molecular weight excluding hydrogens is 166 g/mol. The molecule has 0 aliphatic carbocycles. The summed E-state index contributed by atoms with van der Waals surface area (Å²) in [6.07, 6.45) is 0. The van der Waals surface area contributed by atoms with Crippen molar-refractivity contribution in [2.75, 3.05) is 12.3 Å². The predicted octanol–water partition coefficient (Wildman–Crippen LogP) is 0.908. The largest absolute Gasteiger partial charge is 0.326 e. The van der Waals surface area contributed by atoms with Gasteiger partial charge in [0.25, 0.3) is 0 Å². The third-order valence-corrected chi connectivity index (χ3v) is 3.03. The number of carbonyl (C=O) groups is 1. The molecule has 1 amide bonds. The first-order valence-electron chi connectivity index (χ1n) is 3.10. The number of thioether (sulfide) groups is 1. The molecule has 0 saturated carbocycles. The molecule has 0 aromatic rings. The van der Waals surface area contributed by atoms with E-state index in [-0.39, 0.29) is 11.3 Å². The fraction of sp³-hybridized carbons (Fsp3) is 0.667. The molecule has 0 aromatic carbocycles. The summed E-state index contributed by atoms with van der Waals surface area (Å²) in [5.74, 6) is 1.13. The molecule has 1 atom stereocenters. The van der Waals surface area contributed by atoms with Crippen molar-refractivity contribution in [2.24, 2.45) is 0 Å². The topological polar surface area (TPSA) is 20.3 Å². The van der Waals surface area contributed by atoms with Crippen molar-refractivity contribution >= 4 is 35.3 Å². The van der Waals surface area contributed by atoms with Crippen molar-refractivity contribution in [1.29, 1.82) is 0 Å². The minimum absolute atomic E-state index is 0.121. The van der Waals surface area contributed by atoms with Crippen LogP contribution in [0, 0.1) is 0 Å². The van der Waals surface area contributed by atoms with Crippen LogP contribution in [0.3, 0.4) is 0 Å². The van der Waals surface area contributed by atoms with Crippen LogP contribution in [-0.2, 0) is 4.79 Å². The Labute approximate surface area is 70.0 Å². The van der Waals surface area contributed by atoms with Crippen LogP contribution in [0.2, 0.25) is 0 Å². The molecule has 0 radical (unpaired) electrons. The molecule has 0 spiro atoms. The average molecular weight is 175 g/mol. The van der Waals surface area contributed by atoms with Crippen LogP contribution in [-0.4, -0.2) is 33.8 Å². The highest BCUT2D eigenvalue weighted by Crippen LogP contribution is 2.21. The lowest BCUT2D eigenvalue weighted by Crippen LogP contribution is -2.33. The van der Waals surface area contributed by atoms with Crippen molar-refractivity contribution < 1.29 is 4.79 Å². The van der Waals surface area contributed by atoms with Crippen LogP contribution >= 0.6 is 24.0 Å². The van der Waals surface area contributed by atoms with Gasteiger partial charge in [-0.15, -0.1) is 11.8 Å². The fourth-order valence-corrected chi connectivity index (χ4v) is 2.38. The van der Waals surface area contributed by atoms with Gasteiger partial charge in [0, 0.05) is 24.6 Å². The molecule has 2 nitrogen and oxygen atoms in total. The minimum atomic E-state index is 0.121. The van der Waals surface area contributed by atoms with Crippen molar-refractivity contribution in [3.63, 3.8) is 0 Å². The van der Waals surface area contributed by atoms with E-state index in [0.717, 1.165) is 12.3 Å². The third-order valence-electron chi connectivity index (χ3n) is 1.45. The molecule has 0 N–H and O–H groups in total. The van der Waals surface area contributed by atoms with Gasteiger partial charge >= 0.3 is 0 Å². The molecule has 1 heterocycles. The van der Waals surface area contributed by atoms with Crippen molar-refractivity contribution in [3.8, 4) is 0 Å². The van der Waals surface area contributed by atoms with Crippen molar-refractivity contribution in [1.82, 2.24) is 4.90 Å². The van der Waals surface area contributed by atoms with Crippen LogP contribution in [0.15, 0.2) is 0 Å². The van der Waals surface area contributed by atoms with Crippen molar-refractivity contribution in [2.45, 2.75) is 12.3 Å². The standard InChI is InChI=1S/C6H9NOS2/c1-5(8)7-2-3-10-6(7)4-9/h4,6H,2-3H2,1H3. The summed E-state index contributed by atoms with van der Waals surface area (Å²) < 4.78 is 0. The van der Waals surface area contributed by atoms with E-state index in [1.807, 2.05) is 0 Å². The van der Waals surface area contributed by atoms with E-state index in [1.54, 1.807) is 29.0 Å². The molecule has 0 aromatic heterocycles. The molecule has 10 heavy (non-hydrogen) atoms. The lowest BCUT2D eigenvalue weighted by atomic mass is 10.5. The van der Waals surface area contributed by atoms with E-state index in [0.29, 0.717) is 0 Å². The van der Waals surface area contributed by atoms with E-state index < -0.39 is 0 Å². The molecule has 1 saturated heterocycles. The van der Waals surface area contributed by atoms with Gasteiger partial charge in [0.1, 0.15) is 5.37 Å². The SMILES string of the molecule is CC(=O)N1CCSC1C=S. The molecule has 0 bridgehead atoms. The smallest absolute Gasteiger partial charge is 0.220 e. The zero-order valence-electron chi connectivity index (χ0n) is 5.74. The Morgan fingerprint density at radius 2 is 2.60 bits per heavy atom. The molecular formula is C6H9NOS2. The Balaban J connectivity index is 2.58. The summed E-state index contributed by atoms with van der Waals surface area (Å²) >= 11 is 6.49. The van der Waals surface area contributed by atoms with Crippen LogP contribution in [0.4, 0.5) is 0 Å². The molecule has 4 heteroatoms. The fourth-order valence-electron chi connectivity index (χ4n) is 0.938. The second-order valence-corrected chi connectivity index (χ2v) is 3.61. The summed E-state index contributed by atoms with van der Waals surface area (Å²) in [6.45, 7) is 2.43. The van der Waals surface area contributed by atoms with Crippen molar-refractivity contribution in [3.05, 3.63) is 0 Å². The minimum Gasteiger partial charge on any atom is -0.326 e. The summed E-state index contributed by atoms with van der Waals surface area (Å²) in [6, 6.07) is 0. The Morgan fingerprint density at radius 1 is 1.90 bits per heavy atom. The van der Waals surface area contributed by atoms with Gasteiger partial charge in [-0.25, -0.2) is 0 Å². The van der Waals surface area contributed by atoms with E-state index in [4.69, 9.17) is 12.2 Å². The van der Waals surface area contributed by atoms with E-state index in [1.165, 1.54) is 0 Å². The quantitative estimate of drug-likeness (QED) is 0.552. The van der Waals surface area contributed by atoms with Crippen LogP contribution in [0.25, 0.3) is 0 Å². The van der Waals surface area contributed by atoms with Gasteiger partial charge in [-0.05, 0) is 0 Å². The predicted molar refractivity (Wildman–Crippen MR) is 47.3 cm³/mol. The van der Waals surface area contributed by atoms with E-state index in [9.17, 15) is 4.79 Å². The second-order valence-electron chi connectivity index (χ2n) is 2.11. The third kappa shape index (κ3) is 1.49. The molecule has 1 fully saturated rings. The Hall–Kier alpha value is -0.0900. The lowest BCUT2D eigenvalue weighted by Gasteiger charge is -2.17. The normalized spacial score (nSPS) is 24.9. The molecule has 1 aliphatic rings. The molecule has 56 valence electrons. The average Bonchev–Trinajstić information content (AvgIpc) is 2.33. The number of carbonyl (C=O) groups excluding carboxylic acids is 1. The maximum atomic E-state index is 10.9. The number of hydrogen-bond donors (Lipinski definition) is 0. The summed E-state index contributed by atoms with van der Waals surface area (Å²) in [4.78, 5) is 12.7. The van der Waals surface area contributed by atoms with Gasteiger partial charge in [-0.2, -0.15) is 0 Å². The molecule has 1 rings (SSSR count). The van der Waals surface area contributed by atoms with Gasteiger partial charge in [0.15, 0.2) is 0 Å². The number of rotatable bonds is 1. The van der Waals surface area contributed by atoms with Gasteiger partial charge < -0.3 is 4.90 Å². The number of amides is 1. The monoisotopic (exact) mass is 175 g/mol. The number of hydrogen-bond acceptors (Lipinski definition) is 3. The first-order chi connectivity index (χ1) is 4.75. The Bertz CT molecular complexity index is 160. The molecule has 1 aliphatic heterocycles. The maximum absolute atomic E-state index is 10.9. The van der Waals surface area contributed by atoms with Crippen LogP contribution < -0.4 is 0 Å². The van der Waals surface area contributed by atoms with E-state index >= 15 is 0 Å². The van der Waals surface area contributed by atoms with Gasteiger partial charge in [-0.3, -0.25) is 4.79 Å². The number of nitrogens with zero attached hydrogens (tertiary/aromatic N) is 1. The second kappa shape index (κ2) is 3.34. The Morgan fingerprint density at radius 3 is 3.00 bits per heavy atom. The van der Waals surface area contributed by atoms with Gasteiger partial charge in [0.05, 0.1) is 0 Å². The zero-order valence-corrected chi connectivity index (χ0v) is 7.37. The lowest BCUT2D eigenvalue weighted by molar-refractivity contribution is -0.127. The maximum Gasteiger partial charge on any atom is 0.220 e. The highest BCUT2D eigenvalue weighted by Gasteiger charge is 2.24. The summed E-state index contributed by atoms with van der Waals surface area (Å²) in [5, 5.41) is 1.80.